The number of hydrogen-bond acceptors (Lipinski definition) is 2. The van der Waals surface area contributed by atoms with Crippen molar-refractivity contribution in [3.63, 3.8) is 0 Å². The zero-order valence-electron chi connectivity index (χ0n) is 8.72. The zero-order chi connectivity index (χ0) is 11.1. The summed E-state index contributed by atoms with van der Waals surface area (Å²) in [6.45, 7) is 1.46. The third-order valence-corrected chi connectivity index (χ3v) is 2.25. The largest absolute Gasteiger partial charge is 0.385 e. The molecule has 0 aliphatic heterocycles. The fourth-order valence-corrected chi connectivity index (χ4v) is 1.40. The molecule has 0 heterocycles. The van der Waals surface area contributed by atoms with Crippen LogP contribution in [0.2, 0.25) is 5.02 Å². The molecule has 0 saturated heterocycles. The number of rotatable bonds is 6. The van der Waals surface area contributed by atoms with Crippen LogP contribution in [-0.2, 0) is 4.74 Å². The highest BCUT2D eigenvalue weighted by atomic mass is 35.5. The van der Waals surface area contributed by atoms with Gasteiger partial charge < -0.3 is 10.1 Å². The fraction of sp³-hybridized carbons (Fsp3) is 0.455. The van der Waals surface area contributed by atoms with Crippen LogP contribution in [0.25, 0.3) is 0 Å². The Balaban J connectivity index is 2.33. The van der Waals surface area contributed by atoms with Crippen molar-refractivity contribution in [3.8, 4) is 0 Å². The summed E-state index contributed by atoms with van der Waals surface area (Å²) in [5.41, 5.74) is 0.458. The van der Waals surface area contributed by atoms with E-state index in [9.17, 15) is 4.39 Å². The first-order valence-electron chi connectivity index (χ1n) is 4.92. The van der Waals surface area contributed by atoms with E-state index in [-0.39, 0.29) is 5.82 Å². The van der Waals surface area contributed by atoms with Crippen LogP contribution < -0.4 is 5.32 Å². The average molecular weight is 232 g/mol. The number of benzene rings is 1. The number of hydrogen-bond donors (Lipinski definition) is 1. The quantitative estimate of drug-likeness (QED) is 0.759. The lowest BCUT2D eigenvalue weighted by atomic mass is 10.2. The molecule has 0 aliphatic carbocycles. The monoisotopic (exact) mass is 231 g/mol. The van der Waals surface area contributed by atoms with Crippen molar-refractivity contribution < 1.29 is 9.13 Å². The number of ether oxygens (including phenoxy) is 1. The Morgan fingerprint density at radius 2 is 2.20 bits per heavy atom. The molecule has 84 valence electrons. The molecule has 0 atom stereocenters. The lowest BCUT2D eigenvalue weighted by molar-refractivity contribution is 0.194. The highest BCUT2D eigenvalue weighted by Gasteiger charge is 2.01. The van der Waals surface area contributed by atoms with Gasteiger partial charge >= 0.3 is 0 Å². The van der Waals surface area contributed by atoms with Crippen LogP contribution in [0.3, 0.4) is 0 Å². The zero-order valence-corrected chi connectivity index (χ0v) is 9.48. The molecule has 0 saturated carbocycles. The first kappa shape index (κ1) is 12.3. The highest BCUT2D eigenvalue weighted by molar-refractivity contribution is 6.30. The Labute approximate surface area is 94.4 Å². The van der Waals surface area contributed by atoms with E-state index in [1.807, 2.05) is 0 Å². The smallest absolute Gasteiger partial charge is 0.146 e. The molecule has 0 spiro atoms. The Kier molecular flexibility index (Phi) is 5.43. The van der Waals surface area contributed by atoms with Gasteiger partial charge in [-0.2, -0.15) is 0 Å². The lowest BCUT2D eigenvalue weighted by Gasteiger charge is -2.07. The predicted octanol–water partition coefficient (Wildman–Crippen LogP) is 3.32. The van der Waals surface area contributed by atoms with Gasteiger partial charge in [-0.3, -0.25) is 0 Å². The summed E-state index contributed by atoms with van der Waals surface area (Å²) in [5.74, 6) is -0.272. The normalized spacial score (nSPS) is 10.3. The van der Waals surface area contributed by atoms with Gasteiger partial charge in [-0.25, -0.2) is 4.39 Å². The molecule has 15 heavy (non-hydrogen) atoms. The van der Waals surface area contributed by atoms with E-state index >= 15 is 0 Å². The van der Waals surface area contributed by atoms with Crippen LogP contribution in [0.4, 0.5) is 10.1 Å². The van der Waals surface area contributed by atoms with E-state index in [0.717, 1.165) is 26.0 Å². The number of halogens is 2. The lowest BCUT2D eigenvalue weighted by Crippen LogP contribution is -2.04. The number of unbranched alkanes of at least 4 members (excludes halogenated alkanes) is 1. The van der Waals surface area contributed by atoms with Gasteiger partial charge in [0.05, 0.1) is 5.69 Å². The number of anilines is 1. The van der Waals surface area contributed by atoms with E-state index in [1.54, 1.807) is 13.2 Å². The van der Waals surface area contributed by atoms with E-state index < -0.39 is 0 Å². The van der Waals surface area contributed by atoms with Crippen LogP contribution in [0.5, 0.6) is 0 Å². The molecule has 0 aliphatic rings. The van der Waals surface area contributed by atoms with Gasteiger partial charge in [0.15, 0.2) is 0 Å². The molecule has 0 radical (unpaired) electrons. The topological polar surface area (TPSA) is 21.3 Å². The molecule has 1 N–H and O–H groups in total. The molecule has 0 aromatic heterocycles. The summed E-state index contributed by atoms with van der Waals surface area (Å²) in [5, 5.41) is 3.54. The molecule has 0 bridgehead atoms. The second-order valence-corrected chi connectivity index (χ2v) is 3.69. The second kappa shape index (κ2) is 6.64. The molecule has 1 aromatic rings. The molecule has 0 unspecified atom stereocenters. The maximum Gasteiger partial charge on any atom is 0.146 e. The molecular weight excluding hydrogens is 217 g/mol. The van der Waals surface area contributed by atoms with Gasteiger partial charge in [-0.1, -0.05) is 11.6 Å². The second-order valence-electron chi connectivity index (χ2n) is 3.25. The minimum Gasteiger partial charge on any atom is -0.385 e. The van der Waals surface area contributed by atoms with E-state index in [1.165, 1.54) is 12.1 Å². The standard InChI is InChI=1S/C11H15ClFNO/c1-15-7-3-2-6-14-11-8-9(12)4-5-10(11)13/h4-5,8,14H,2-3,6-7H2,1H3. The first-order chi connectivity index (χ1) is 7.24. The van der Waals surface area contributed by atoms with Gasteiger partial charge in [0, 0.05) is 25.3 Å². The van der Waals surface area contributed by atoms with Gasteiger partial charge in [-0.15, -0.1) is 0 Å². The molecule has 4 heteroatoms. The van der Waals surface area contributed by atoms with Crippen molar-refractivity contribution in [3.05, 3.63) is 29.0 Å². The minimum atomic E-state index is -0.272. The van der Waals surface area contributed by atoms with E-state index in [4.69, 9.17) is 16.3 Å². The summed E-state index contributed by atoms with van der Waals surface area (Å²) in [6.07, 6.45) is 1.91. The summed E-state index contributed by atoms with van der Waals surface area (Å²) in [7, 11) is 1.67. The average Bonchev–Trinajstić information content (AvgIpc) is 2.23. The SMILES string of the molecule is COCCCCNc1cc(Cl)ccc1F. The van der Waals surface area contributed by atoms with Gasteiger partial charge in [0.25, 0.3) is 0 Å². The summed E-state index contributed by atoms with van der Waals surface area (Å²) >= 11 is 5.75. The van der Waals surface area contributed by atoms with E-state index in [2.05, 4.69) is 5.32 Å². The Morgan fingerprint density at radius 1 is 1.40 bits per heavy atom. The third kappa shape index (κ3) is 4.49. The summed E-state index contributed by atoms with van der Waals surface area (Å²) < 4.78 is 18.1. The van der Waals surface area contributed by atoms with Crippen molar-refractivity contribution in [2.45, 2.75) is 12.8 Å². The highest BCUT2D eigenvalue weighted by Crippen LogP contribution is 2.19. The Hall–Kier alpha value is -0.800. The van der Waals surface area contributed by atoms with Crippen LogP contribution in [0.15, 0.2) is 18.2 Å². The summed E-state index contributed by atoms with van der Waals surface area (Å²) in [4.78, 5) is 0. The first-order valence-corrected chi connectivity index (χ1v) is 5.29. The van der Waals surface area contributed by atoms with Crippen molar-refractivity contribution in [2.24, 2.45) is 0 Å². The van der Waals surface area contributed by atoms with Crippen LogP contribution >= 0.6 is 11.6 Å². The molecule has 1 aromatic carbocycles. The number of nitrogens with one attached hydrogen (secondary N) is 1. The third-order valence-electron chi connectivity index (χ3n) is 2.02. The van der Waals surface area contributed by atoms with Crippen LogP contribution in [0.1, 0.15) is 12.8 Å². The van der Waals surface area contributed by atoms with Crippen molar-refractivity contribution in [2.75, 3.05) is 25.6 Å². The fourth-order valence-electron chi connectivity index (χ4n) is 1.23. The van der Waals surface area contributed by atoms with Crippen LogP contribution in [-0.4, -0.2) is 20.3 Å². The molecule has 0 amide bonds. The van der Waals surface area contributed by atoms with Crippen molar-refractivity contribution >= 4 is 17.3 Å². The maximum absolute atomic E-state index is 13.2. The minimum absolute atomic E-state index is 0.272. The van der Waals surface area contributed by atoms with E-state index in [0.29, 0.717) is 10.7 Å². The number of methoxy groups -OCH3 is 1. The Bertz CT molecular complexity index is 307. The predicted molar refractivity (Wildman–Crippen MR) is 61.0 cm³/mol. The Morgan fingerprint density at radius 3 is 2.93 bits per heavy atom. The van der Waals surface area contributed by atoms with Gasteiger partial charge in [-0.05, 0) is 31.0 Å². The van der Waals surface area contributed by atoms with Crippen molar-refractivity contribution in [1.29, 1.82) is 0 Å². The maximum atomic E-state index is 13.2. The molecule has 0 fully saturated rings. The van der Waals surface area contributed by atoms with Crippen molar-refractivity contribution in [1.82, 2.24) is 0 Å². The summed E-state index contributed by atoms with van der Waals surface area (Å²) in [6, 6.07) is 4.49. The molecular formula is C11H15ClFNO. The van der Waals surface area contributed by atoms with Gasteiger partial charge in [0.1, 0.15) is 5.82 Å². The van der Waals surface area contributed by atoms with Gasteiger partial charge in [0.2, 0.25) is 0 Å². The molecule has 1 rings (SSSR count). The van der Waals surface area contributed by atoms with Crippen LogP contribution in [0, 0.1) is 5.82 Å². The molecule has 2 nitrogen and oxygen atoms in total.